The molecule has 0 spiro atoms. The summed E-state index contributed by atoms with van der Waals surface area (Å²) in [5, 5.41) is 0.604. The van der Waals surface area contributed by atoms with Gasteiger partial charge in [0.15, 0.2) is 0 Å². The van der Waals surface area contributed by atoms with Crippen LogP contribution in [0, 0.1) is 0 Å². The molecule has 1 heterocycles. The number of hydrogen-bond acceptors (Lipinski definition) is 4. The molecule has 0 saturated carbocycles. The van der Waals surface area contributed by atoms with E-state index in [1.807, 2.05) is 45.9 Å². The highest BCUT2D eigenvalue weighted by molar-refractivity contribution is 6.62. The molecule has 0 amide bonds. The van der Waals surface area contributed by atoms with Crippen LogP contribution in [0.15, 0.2) is 18.2 Å². The van der Waals surface area contributed by atoms with Gasteiger partial charge < -0.3 is 14.0 Å². The minimum Gasteiger partial charge on any atom is -0.469 e. The van der Waals surface area contributed by atoms with Crippen LogP contribution in [0.3, 0.4) is 0 Å². The van der Waals surface area contributed by atoms with Crippen LogP contribution in [-0.2, 0) is 25.3 Å². The minimum atomic E-state index is -0.458. The van der Waals surface area contributed by atoms with Crippen LogP contribution in [0.2, 0.25) is 5.02 Å². The molecule has 2 rings (SSSR count). The molecule has 1 aromatic carbocycles. The van der Waals surface area contributed by atoms with Crippen molar-refractivity contribution in [2.75, 3.05) is 7.11 Å². The maximum Gasteiger partial charge on any atom is 0.494 e. The van der Waals surface area contributed by atoms with E-state index in [9.17, 15) is 4.79 Å². The van der Waals surface area contributed by atoms with Gasteiger partial charge in [-0.1, -0.05) is 17.7 Å². The predicted molar refractivity (Wildman–Crippen MR) is 87.5 cm³/mol. The summed E-state index contributed by atoms with van der Waals surface area (Å²) in [4.78, 5) is 11.3. The van der Waals surface area contributed by atoms with Crippen LogP contribution in [0.4, 0.5) is 0 Å². The molecule has 0 aromatic heterocycles. The van der Waals surface area contributed by atoms with Gasteiger partial charge in [-0.25, -0.2) is 0 Å². The van der Waals surface area contributed by atoms with Crippen molar-refractivity contribution < 1.29 is 18.8 Å². The largest absolute Gasteiger partial charge is 0.494 e. The highest BCUT2D eigenvalue weighted by Crippen LogP contribution is 2.36. The number of hydrogen-bond donors (Lipinski definition) is 0. The highest BCUT2D eigenvalue weighted by atomic mass is 35.5. The molecule has 22 heavy (non-hydrogen) atoms. The second-order valence-corrected chi connectivity index (χ2v) is 6.99. The van der Waals surface area contributed by atoms with Gasteiger partial charge in [-0.15, -0.1) is 0 Å². The molecular formula is C16H22BClO4. The molecule has 0 N–H and O–H groups in total. The highest BCUT2D eigenvalue weighted by Gasteiger charge is 2.51. The van der Waals surface area contributed by atoms with Crippen molar-refractivity contribution in [2.45, 2.75) is 51.7 Å². The van der Waals surface area contributed by atoms with Crippen LogP contribution in [0.1, 0.15) is 39.7 Å². The molecule has 1 fully saturated rings. The minimum absolute atomic E-state index is 0.239. The van der Waals surface area contributed by atoms with Crippen molar-refractivity contribution >= 4 is 30.2 Å². The molecule has 0 bridgehead atoms. The molecule has 1 aliphatic rings. The normalized spacial score (nSPS) is 19.3. The van der Waals surface area contributed by atoms with Gasteiger partial charge in [0.1, 0.15) is 0 Å². The maximum atomic E-state index is 11.3. The summed E-state index contributed by atoms with van der Waals surface area (Å²) in [6, 6.07) is 5.65. The quantitative estimate of drug-likeness (QED) is 0.631. The molecule has 6 heteroatoms. The first-order chi connectivity index (χ1) is 10.1. The Morgan fingerprint density at radius 3 is 2.32 bits per heavy atom. The summed E-state index contributed by atoms with van der Waals surface area (Å²) >= 11 is 6.19. The first kappa shape index (κ1) is 17.3. The Morgan fingerprint density at radius 1 is 1.18 bits per heavy atom. The van der Waals surface area contributed by atoms with Gasteiger partial charge in [0.25, 0.3) is 0 Å². The van der Waals surface area contributed by atoms with E-state index >= 15 is 0 Å². The fourth-order valence-electron chi connectivity index (χ4n) is 2.28. The van der Waals surface area contributed by atoms with Crippen molar-refractivity contribution in [1.29, 1.82) is 0 Å². The lowest BCUT2D eigenvalue weighted by Gasteiger charge is -2.32. The topological polar surface area (TPSA) is 44.8 Å². The monoisotopic (exact) mass is 324 g/mol. The van der Waals surface area contributed by atoms with Gasteiger partial charge in [0, 0.05) is 11.4 Å². The van der Waals surface area contributed by atoms with E-state index in [1.54, 1.807) is 0 Å². The summed E-state index contributed by atoms with van der Waals surface area (Å²) < 4.78 is 16.7. The Morgan fingerprint density at radius 2 is 1.77 bits per heavy atom. The molecule has 0 unspecified atom stereocenters. The van der Waals surface area contributed by atoms with Crippen LogP contribution >= 0.6 is 11.6 Å². The fourth-order valence-corrected chi connectivity index (χ4v) is 2.55. The first-order valence-corrected chi connectivity index (χ1v) is 7.74. The van der Waals surface area contributed by atoms with Gasteiger partial charge in [0.2, 0.25) is 0 Å². The van der Waals surface area contributed by atoms with Crippen LogP contribution in [0.5, 0.6) is 0 Å². The molecule has 0 aliphatic carbocycles. The standard InChI is InChI=1S/C16H22BClO4/c1-15(2)16(3,4)22-17(21-15)12-8-11(9-13(18)10-12)6-7-14(19)20-5/h8-10H,6-7H2,1-5H3. The number of ether oxygens (including phenoxy) is 1. The Hall–Kier alpha value is -1.04. The summed E-state index contributed by atoms with van der Waals surface area (Å²) in [5.41, 5.74) is 1.03. The zero-order valence-corrected chi connectivity index (χ0v) is 14.5. The van der Waals surface area contributed by atoms with Crippen LogP contribution in [0.25, 0.3) is 0 Å². The number of esters is 1. The van der Waals surface area contributed by atoms with Gasteiger partial charge in [0.05, 0.1) is 18.3 Å². The van der Waals surface area contributed by atoms with Gasteiger partial charge >= 0.3 is 13.1 Å². The zero-order chi connectivity index (χ0) is 16.5. The third-order valence-corrected chi connectivity index (χ3v) is 4.57. The Bertz CT molecular complexity index is 555. The second kappa shape index (κ2) is 6.22. The summed E-state index contributed by atoms with van der Waals surface area (Å²) in [6.07, 6.45) is 0.888. The molecule has 1 aromatic rings. The summed E-state index contributed by atoms with van der Waals surface area (Å²) in [7, 11) is 0.927. The Balaban J connectivity index is 2.19. The lowest BCUT2D eigenvalue weighted by Crippen LogP contribution is -2.41. The number of aryl methyl sites for hydroxylation is 1. The Labute approximate surface area is 137 Å². The zero-order valence-electron chi connectivity index (χ0n) is 13.7. The lowest BCUT2D eigenvalue weighted by molar-refractivity contribution is -0.140. The first-order valence-electron chi connectivity index (χ1n) is 7.36. The molecule has 120 valence electrons. The van der Waals surface area contributed by atoms with Crippen molar-refractivity contribution in [3.63, 3.8) is 0 Å². The van der Waals surface area contributed by atoms with E-state index in [0.717, 1.165) is 11.0 Å². The van der Waals surface area contributed by atoms with Crippen molar-refractivity contribution in [3.05, 3.63) is 28.8 Å². The smallest absolute Gasteiger partial charge is 0.469 e. The number of halogens is 1. The average Bonchev–Trinajstić information content (AvgIpc) is 2.64. The van der Waals surface area contributed by atoms with Crippen molar-refractivity contribution in [3.8, 4) is 0 Å². The van der Waals surface area contributed by atoms with Gasteiger partial charge in [-0.3, -0.25) is 4.79 Å². The van der Waals surface area contributed by atoms with E-state index in [1.165, 1.54) is 7.11 Å². The third-order valence-electron chi connectivity index (χ3n) is 4.35. The molecule has 0 atom stereocenters. The SMILES string of the molecule is COC(=O)CCc1cc(Cl)cc(B2OC(C)(C)C(C)(C)O2)c1. The Kier molecular flexibility index (Phi) is 4.90. The summed E-state index contributed by atoms with van der Waals surface area (Å²) in [6.45, 7) is 8.04. The molecule has 4 nitrogen and oxygen atoms in total. The van der Waals surface area contributed by atoms with Gasteiger partial charge in [-0.05, 0) is 57.3 Å². The van der Waals surface area contributed by atoms with E-state index in [-0.39, 0.29) is 5.97 Å². The third kappa shape index (κ3) is 3.65. The fraction of sp³-hybridized carbons (Fsp3) is 0.562. The average molecular weight is 325 g/mol. The number of benzene rings is 1. The van der Waals surface area contributed by atoms with Crippen molar-refractivity contribution in [1.82, 2.24) is 0 Å². The predicted octanol–water partition coefficient (Wildman–Crippen LogP) is 2.74. The molecule has 1 saturated heterocycles. The van der Waals surface area contributed by atoms with Crippen LogP contribution in [-0.4, -0.2) is 31.4 Å². The van der Waals surface area contributed by atoms with Crippen molar-refractivity contribution in [2.24, 2.45) is 0 Å². The van der Waals surface area contributed by atoms with Gasteiger partial charge in [-0.2, -0.15) is 0 Å². The van der Waals surface area contributed by atoms with E-state index in [4.69, 9.17) is 20.9 Å². The lowest BCUT2D eigenvalue weighted by atomic mass is 9.78. The maximum absolute atomic E-state index is 11.3. The number of carbonyl (C=O) groups is 1. The molecular weight excluding hydrogens is 302 g/mol. The molecule has 1 aliphatic heterocycles. The number of carbonyl (C=O) groups excluding carboxylic acids is 1. The van der Waals surface area contributed by atoms with Crippen LogP contribution < -0.4 is 5.46 Å². The van der Waals surface area contributed by atoms with E-state index in [2.05, 4.69) is 4.74 Å². The second-order valence-electron chi connectivity index (χ2n) is 6.56. The number of rotatable bonds is 4. The van der Waals surface area contributed by atoms with E-state index < -0.39 is 18.3 Å². The number of methoxy groups -OCH3 is 1. The van der Waals surface area contributed by atoms with E-state index in [0.29, 0.717) is 17.9 Å². The molecule has 0 radical (unpaired) electrons. The summed E-state index contributed by atoms with van der Waals surface area (Å²) in [5.74, 6) is -0.239.